The van der Waals surface area contributed by atoms with E-state index >= 15 is 0 Å². The zero-order valence-electron chi connectivity index (χ0n) is 28.5. The van der Waals surface area contributed by atoms with Crippen molar-refractivity contribution in [2.75, 3.05) is 11.9 Å². The van der Waals surface area contributed by atoms with Gasteiger partial charge in [-0.05, 0) is 86.6 Å². The van der Waals surface area contributed by atoms with E-state index in [-0.39, 0.29) is 17.7 Å². The quantitative estimate of drug-likeness (QED) is 0.177. The van der Waals surface area contributed by atoms with E-state index in [1.54, 1.807) is 25.7 Å². The van der Waals surface area contributed by atoms with Crippen LogP contribution in [0.15, 0.2) is 60.7 Å². The van der Waals surface area contributed by atoms with Crippen LogP contribution in [0, 0.1) is 19.8 Å². The summed E-state index contributed by atoms with van der Waals surface area (Å²) in [4.78, 5) is 43.4. The van der Waals surface area contributed by atoms with E-state index in [1.807, 2.05) is 88.4 Å². The van der Waals surface area contributed by atoms with Crippen molar-refractivity contribution in [2.24, 2.45) is 5.92 Å². The molecule has 0 heterocycles. The Morgan fingerprint density at radius 3 is 2.13 bits per heavy atom. The maximum Gasteiger partial charge on any atom is 0.408 e. The smallest absolute Gasteiger partial charge is 0.408 e. The molecule has 0 radical (unpaired) electrons. The van der Waals surface area contributed by atoms with Crippen LogP contribution >= 0.6 is 0 Å². The fraction of sp³-hybridized carbons (Fsp3) is 0.500. The van der Waals surface area contributed by atoms with Crippen LogP contribution in [0.2, 0.25) is 0 Å². The molecule has 0 bridgehead atoms. The molecule has 0 aliphatic rings. The first-order chi connectivity index (χ1) is 21.3. The maximum absolute atomic E-state index is 14.5. The summed E-state index contributed by atoms with van der Waals surface area (Å²) < 4.78 is 5.52. The topological polar surface area (TPSA) is 87.7 Å². The SMILES string of the molecule is CCCCCCCCN(C(=O)C(NC(=O)OC(C)(C)C)C(C)C)C(C(=O)Nc1ccc2ccccc2c1)c1ccc(C)c(C)c1. The highest BCUT2D eigenvalue weighted by Gasteiger charge is 2.37. The Hall–Kier alpha value is -3.87. The zero-order chi connectivity index (χ0) is 33.1. The van der Waals surface area contributed by atoms with Gasteiger partial charge < -0.3 is 20.3 Å². The average Bonchev–Trinajstić information content (AvgIpc) is 2.97. The van der Waals surface area contributed by atoms with Gasteiger partial charge in [0.05, 0.1) is 0 Å². The van der Waals surface area contributed by atoms with E-state index in [4.69, 9.17) is 4.74 Å². The van der Waals surface area contributed by atoms with E-state index in [0.29, 0.717) is 12.2 Å². The van der Waals surface area contributed by atoms with Gasteiger partial charge in [0.15, 0.2) is 0 Å². The van der Waals surface area contributed by atoms with E-state index in [1.165, 1.54) is 6.42 Å². The number of benzene rings is 3. The largest absolute Gasteiger partial charge is 0.444 e. The second-order valence-electron chi connectivity index (χ2n) is 13.5. The van der Waals surface area contributed by atoms with Gasteiger partial charge in [-0.25, -0.2) is 4.79 Å². The Labute approximate surface area is 270 Å². The number of rotatable bonds is 14. The second-order valence-corrected chi connectivity index (χ2v) is 13.5. The maximum atomic E-state index is 14.5. The summed E-state index contributed by atoms with van der Waals surface area (Å²) in [5.41, 5.74) is 2.82. The van der Waals surface area contributed by atoms with Gasteiger partial charge in [-0.1, -0.05) is 101 Å². The summed E-state index contributed by atoms with van der Waals surface area (Å²) in [6.45, 7) is 15.8. The number of aryl methyl sites for hydroxylation is 2. The molecule has 3 rings (SSSR count). The molecule has 0 saturated heterocycles. The minimum absolute atomic E-state index is 0.235. The lowest BCUT2D eigenvalue weighted by molar-refractivity contribution is -0.141. The Bertz CT molecular complexity index is 1440. The summed E-state index contributed by atoms with van der Waals surface area (Å²) in [5, 5.41) is 8.03. The summed E-state index contributed by atoms with van der Waals surface area (Å²) >= 11 is 0. The van der Waals surface area contributed by atoms with E-state index < -0.39 is 23.8 Å². The molecular weight excluding hydrogens is 562 g/mol. The molecule has 3 aromatic carbocycles. The normalized spacial score (nSPS) is 12.9. The zero-order valence-corrected chi connectivity index (χ0v) is 28.5. The van der Waals surface area contributed by atoms with Gasteiger partial charge in [-0.15, -0.1) is 0 Å². The van der Waals surface area contributed by atoms with Crippen LogP contribution in [-0.4, -0.2) is 41.0 Å². The lowest BCUT2D eigenvalue weighted by Gasteiger charge is -2.36. The number of alkyl carbamates (subject to hydrolysis) is 1. The molecule has 0 fully saturated rings. The molecule has 2 N–H and O–H groups in total. The molecule has 2 unspecified atom stereocenters. The molecular formula is C38H53N3O4. The molecule has 7 nitrogen and oxygen atoms in total. The number of nitrogens with one attached hydrogen (secondary N) is 2. The number of hydrogen-bond acceptors (Lipinski definition) is 4. The number of unbranched alkanes of at least 4 members (excludes halogenated alkanes) is 5. The van der Waals surface area contributed by atoms with Gasteiger partial charge in [0.25, 0.3) is 5.91 Å². The number of fused-ring (bicyclic) bond motifs is 1. The summed E-state index contributed by atoms with van der Waals surface area (Å²) in [7, 11) is 0. The van der Waals surface area contributed by atoms with Gasteiger partial charge in [0.1, 0.15) is 17.7 Å². The van der Waals surface area contributed by atoms with Gasteiger partial charge >= 0.3 is 6.09 Å². The van der Waals surface area contributed by atoms with Crippen molar-refractivity contribution in [3.05, 3.63) is 77.4 Å². The van der Waals surface area contributed by atoms with Gasteiger partial charge in [0.2, 0.25) is 5.91 Å². The lowest BCUT2D eigenvalue weighted by Crippen LogP contribution is -2.54. The average molecular weight is 616 g/mol. The Kier molecular flexibility index (Phi) is 13.0. The lowest BCUT2D eigenvalue weighted by atomic mass is 9.96. The van der Waals surface area contributed by atoms with E-state index in [0.717, 1.165) is 59.6 Å². The van der Waals surface area contributed by atoms with E-state index in [9.17, 15) is 14.4 Å². The van der Waals surface area contributed by atoms with Crippen LogP contribution in [0.5, 0.6) is 0 Å². The number of amides is 3. The summed E-state index contributed by atoms with van der Waals surface area (Å²) in [5.74, 6) is -0.838. The van der Waals surface area contributed by atoms with Gasteiger partial charge in [0, 0.05) is 12.2 Å². The van der Waals surface area contributed by atoms with Gasteiger partial charge in [-0.2, -0.15) is 0 Å². The van der Waals surface area contributed by atoms with Crippen LogP contribution in [0.25, 0.3) is 10.8 Å². The highest BCUT2D eigenvalue weighted by atomic mass is 16.6. The van der Waals surface area contributed by atoms with Crippen molar-refractivity contribution in [3.63, 3.8) is 0 Å². The monoisotopic (exact) mass is 615 g/mol. The summed E-state index contributed by atoms with van der Waals surface area (Å²) in [6, 6.07) is 18.0. The fourth-order valence-corrected chi connectivity index (χ4v) is 5.44. The molecule has 45 heavy (non-hydrogen) atoms. The standard InChI is InChI=1S/C38H53N3O4/c1-9-10-11-12-13-16-23-41(36(43)33(26(2)3)40-37(44)45-38(6,7)8)34(31-20-19-27(4)28(5)24-31)35(42)39-32-22-21-29-17-14-15-18-30(29)25-32/h14-15,17-22,24-26,33-34H,9-13,16,23H2,1-8H3,(H,39,42)(H,40,44). The second kappa shape index (κ2) is 16.4. The summed E-state index contributed by atoms with van der Waals surface area (Å²) in [6.07, 6.45) is 5.58. The molecule has 0 spiro atoms. The van der Waals surface area contributed by atoms with Crippen LogP contribution in [0.3, 0.4) is 0 Å². The van der Waals surface area contributed by atoms with Crippen LogP contribution < -0.4 is 10.6 Å². The molecule has 0 aromatic heterocycles. The molecule has 2 atom stereocenters. The van der Waals surface area contributed by atoms with Gasteiger partial charge in [-0.3, -0.25) is 9.59 Å². The molecule has 3 amide bonds. The number of hydrogen-bond donors (Lipinski definition) is 2. The van der Waals surface area contributed by atoms with Crippen LogP contribution in [-0.2, 0) is 14.3 Å². The number of anilines is 1. The first kappa shape index (κ1) is 35.6. The predicted octanol–water partition coefficient (Wildman–Crippen LogP) is 8.87. The first-order valence-corrected chi connectivity index (χ1v) is 16.5. The number of ether oxygens (including phenoxy) is 1. The molecule has 7 heteroatoms. The number of carbonyl (C=O) groups excluding carboxylic acids is 3. The molecule has 0 aliphatic heterocycles. The third-order valence-corrected chi connectivity index (χ3v) is 8.06. The predicted molar refractivity (Wildman–Crippen MR) is 184 cm³/mol. The van der Waals surface area contributed by atoms with Crippen LogP contribution in [0.4, 0.5) is 10.5 Å². The third kappa shape index (κ3) is 10.6. The Morgan fingerprint density at radius 2 is 1.49 bits per heavy atom. The molecule has 0 aliphatic carbocycles. The highest BCUT2D eigenvalue weighted by molar-refractivity contribution is 6.00. The minimum Gasteiger partial charge on any atom is -0.444 e. The van der Waals surface area contributed by atoms with E-state index in [2.05, 4.69) is 17.6 Å². The van der Waals surface area contributed by atoms with Crippen LogP contribution in [0.1, 0.15) is 103 Å². The third-order valence-electron chi connectivity index (χ3n) is 8.06. The van der Waals surface area contributed by atoms with Crippen molar-refractivity contribution >= 4 is 34.4 Å². The van der Waals surface area contributed by atoms with Crippen molar-refractivity contribution in [1.29, 1.82) is 0 Å². The Morgan fingerprint density at radius 1 is 0.822 bits per heavy atom. The van der Waals surface area contributed by atoms with Crippen molar-refractivity contribution in [3.8, 4) is 0 Å². The molecule has 244 valence electrons. The first-order valence-electron chi connectivity index (χ1n) is 16.5. The molecule has 3 aromatic rings. The number of nitrogens with zero attached hydrogens (tertiary/aromatic N) is 1. The highest BCUT2D eigenvalue weighted by Crippen LogP contribution is 2.29. The van der Waals surface area contributed by atoms with Crippen molar-refractivity contribution < 1.29 is 19.1 Å². The molecule has 0 saturated carbocycles. The van der Waals surface area contributed by atoms with Crippen molar-refractivity contribution in [1.82, 2.24) is 10.2 Å². The Balaban J connectivity index is 2.03. The van der Waals surface area contributed by atoms with Crippen molar-refractivity contribution in [2.45, 2.75) is 112 Å². The fourth-order valence-electron chi connectivity index (χ4n) is 5.44. The minimum atomic E-state index is -0.902. The number of carbonyl (C=O) groups is 3.